The predicted molar refractivity (Wildman–Crippen MR) is 35.8 cm³/mol. The third kappa shape index (κ3) is 1.19. The Balaban J connectivity index is 3.14. The first-order valence-electron chi connectivity index (χ1n) is 2.59. The number of hydrogen-bond donors (Lipinski definition) is 0. The van der Waals surface area contributed by atoms with E-state index in [1.54, 1.807) is 0 Å². The van der Waals surface area contributed by atoms with Crippen molar-refractivity contribution in [3.05, 3.63) is 23.1 Å². The van der Waals surface area contributed by atoms with Crippen LogP contribution in [0.25, 0.3) is 0 Å². The summed E-state index contributed by atoms with van der Waals surface area (Å²) in [5.74, 6) is -0.695. The molecule has 0 aromatic carbocycles. The first-order chi connectivity index (χ1) is 4.75. The minimum atomic E-state index is -0.619. The second-order valence-corrected chi connectivity index (χ2v) is 2.02. The Kier molecular flexibility index (Phi) is 2.06. The molecule has 0 unspecified atom stereocenters. The SMILES string of the molecule is COc1nccc(Cl)c1F. The maximum Gasteiger partial charge on any atom is 0.251 e. The highest BCUT2D eigenvalue weighted by atomic mass is 35.5. The van der Waals surface area contributed by atoms with Crippen molar-refractivity contribution in [2.75, 3.05) is 7.11 Å². The van der Waals surface area contributed by atoms with E-state index in [9.17, 15) is 4.39 Å². The minimum absolute atomic E-state index is 0.0202. The Labute approximate surface area is 62.6 Å². The molecule has 0 atom stereocenters. The topological polar surface area (TPSA) is 22.1 Å². The highest BCUT2D eigenvalue weighted by Crippen LogP contribution is 2.20. The fraction of sp³-hybridized carbons (Fsp3) is 0.167. The van der Waals surface area contributed by atoms with Gasteiger partial charge in [0.25, 0.3) is 5.88 Å². The molecule has 0 bridgehead atoms. The molecule has 0 saturated carbocycles. The Morgan fingerprint density at radius 3 is 2.90 bits per heavy atom. The smallest absolute Gasteiger partial charge is 0.251 e. The number of methoxy groups -OCH3 is 1. The van der Waals surface area contributed by atoms with Gasteiger partial charge in [-0.3, -0.25) is 0 Å². The van der Waals surface area contributed by atoms with Crippen LogP contribution in [0.2, 0.25) is 5.02 Å². The number of ether oxygens (including phenoxy) is 1. The maximum absolute atomic E-state index is 12.7. The van der Waals surface area contributed by atoms with Crippen LogP contribution in [0.15, 0.2) is 12.3 Å². The Bertz CT molecular complexity index is 241. The van der Waals surface area contributed by atoms with Gasteiger partial charge in [-0.05, 0) is 6.07 Å². The van der Waals surface area contributed by atoms with Crippen molar-refractivity contribution >= 4 is 11.6 Å². The van der Waals surface area contributed by atoms with E-state index in [4.69, 9.17) is 11.6 Å². The number of aromatic nitrogens is 1. The van der Waals surface area contributed by atoms with Crippen LogP contribution in [0.3, 0.4) is 0 Å². The minimum Gasteiger partial charge on any atom is -0.479 e. The van der Waals surface area contributed by atoms with E-state index in [-0.39, 0.29) is 10.9 Å². The van der Waals surface area contributed by atoms with Crippen molar-refractivity contribution in [1.82, 2.24) is 4.98 Å². The van der Waals surface area contributed by atoms with Crippen LogP contribution in [0.4, 0.5) is 4.39 Å². The molecule has 10 heavy (non-hydrogen) atoms. The van der Waals surface area contributed by atoms with Crippen molar-refractivity contribution < 1.29 is 9.13 Å². The zero-order chi connectivity index (χ0) is 7.56. The molecule has 4 heteroatoms. The average molecular weight is 162 g/mol. The molecule has 0 aliphatic heterocycles. The summed E-state index contributed by atoms with van der Waals surface area (Å²) in [6.07, 6.45) is 1.38. The van der Waals surface area contributed by atoms with Gasteiger partial charge >= 0.3 is 0 Å². The van der Waals surface area contributed by atoms with Crippen molar-refractivity contribution in [2.45, 2.75) is 0 Å². The van der Waals surface area contributed by atoms with Crippen molar-refractivity contribution in [1.29, 1.82) is 0 Å². The van der Waals surface area contributed by atoms with Crippen LogP contribution in [0, 0.1) is 5.82 Å². The van der Waals surface area contributed by atoms with Gasteiger partial charge in [0.05, 0.1) is 12.1 Å². The largest absolute Gasteiger partial charge is 0.479 e. The van der Waals surface area contributed by atoms with E-state index in [2.05, 4.69) is 9.72 Å². The van der Waals surface area contributed by atoms with Crippen molar-refractivity contribution in [3.63, 3.8) is 0 Å². The molecular weight excluding hydrogens is 157 g/mol. The lowest BCUT2D eigenvalue weighted by Gasteiger charge is -1.98. The summed E-state index contributed by atoms with van der Waals surface area (Å²) in [7, 11) is 1.34. The molecular formula is C6H5ClFNO. The van der Waals surface area contributed by atoms with Gasteiger partial charge in [0, 0.05) is 6.20 Å². The predicted octanol–water partition coefficient (Wildman–Crippen LogP) is 1.88. The molecule has 0 aliphatic rings. The molecule has 0 radical (unpaired) electrons. The van der Waals surface area contributed by atoms with Gasteiger partial charge in [0.15, 0.2) is 0 Å². The summed E-state index contributed by atoms with van der Waals surface area (Å²) < 4.78 is 17.2. The van der Waals surface area contributed by atoms with E-state index in [1.165, 1.54) is 19.4 Å². The molecule has 1 heterocycles. The first kappa shape index (κ1) is 7.28. The summed E-state index contributed by atoms with van der Waals surface area (Å²) in [5, 5.41) is 0.0202. The number of pyridine rings is 1. The normalized spacial score (nSPS) is 9.50. The summed E-state index contributed by atoms with van der Waals surface area (Å²) in [4.78, 5) is 3.58. The summed E-state index contributed by atoms with van der Waals surface area (Å²) >= 11 is 5.40. The summed E-state index contributed by atoms with van der Waals surface area (Å²) in [6, 6.07) is 1.36. The van der Waals surface area contributed by atoms with E-state index < -0.39 is 5.82 Å². The third-order valence-electron chi connectivity index (χ3n) is 1.00. The van der Waals surface area contributed by atoms with E-state index >= 15 is 0 Å². The van der Waals surface area contributed by atoms with E-state index in [0.29, 0.717) is 0 Å². The van der Waals surface area contributed by atoms with Crippen molar-refractivity contribution in [2.24, 2.45) is 0 Å². The van der Waals surface area contributed by atoms with Crippen molar-refractivity contribution in [3.8, 4) is 5.88 Å². The molecule has 0 fully saturated rings. The maximum atomic E-state index is 12.7. The molecule has 2 nitrogen and oxygen atoms in total. The van der Waals surface area contributed by atoms with Gasteiger partial charge in [-0.1, -0.05) is 11.6 Å². The van der Waals surface area contributed by atoms with Crippen LogP contribution in [-0.2, 0) is 0 Å². The Morgan fingerprint density at radius 2 is 2.40 bits per heavy atom. The number of halogens is 2. The zero-order valence-electron chi connectivity index (χ0n) is 5.27. The van der Waals surface area contributed by atoms with Crippen LogP contribution in [-0.4, -0.2) is 12.1 Å². The van der Waals surface area contributed by atoms with Gasteiger partial charge in [0.2, 0.25) is 5.82 Å². The summed E-state index contributed by atoms with van der Waals surface area (Å²) in [6.45, 7) is 0. The lowest BCUT2D eigenvalue weighted by Crippen LogP contribution is -1.91. The standard InChI is InChI=1S/C6H5ClFNO/c1-10-6-5(8)4(7)2-3-9-6/h2-3H,1H3. The lowest BCUT2D eigenvalue weighted by molar-refractivity contribution is 0.369. The molecule has 1 rings (SSSR count). The average Bonchev–Trinajstić information content (AvgIpc) is 1.95. The van der Waals surface area contributed by atoms with Crippen LogP contribution < -0.4 is 4.74 Å². The van der Waals surface area contributed by atoms with E-state index in [0.717, 1.165) is 0 Å². The fourth-order valence-electron chi connectivity index (χ4n) is 0.545. The molecule has 0 aliphatic carbocycles. The number of rotatable bonds is 1. The van der Waals surface area contributed by atoms with Gasteiger partial charge in [0.1, 0.15) is 0 Å². The zero-order valence-corrected chi connectivity index (χ0v) is 6.02. The van der Waals surface area contributed by atoms with Crippen LogP contribution >= 0.6 is 11.6 Å². The van der Waals surface area contributed by atoms with E-state index in [1.807, 2.05) is 0 Å². The molecule has 0 amide bonds. The van der Waals surface area contributed by atoms with Gasteiger partial charge < -0.3 is 4.74 Å². The highest BCUT2D eigenvalue weighted by Gasteiger charge is 2.05. The molecule has 1 aromatic heterocycles. The second-order valence-electron chi connectivity index (χ2n) is 1.62. The lowest BCUT2D eigenvalue weighted by atomic mass is 10.4. The molecule has 0 saturated heterocycles. The molecule has 0 spiro atoms. The molecule has 54 valence electrons. The highest BCUT2D eigenvalue weighted by molar-refractivity contribution is 6.30. The molecule has 0 N–H and O–H groups in total. The van der Waals surface area contributed by atoms with Gasteiger partial charge in [-0.15, -0.1) is 0 Å². The fourth-order valence-corrected chi connectivity index (χ4v) is 0.682. The number of nitrogens with zero attached hydrogens (tertiary/aromatic N) is 1. The van der Waals surface area contributed by atoms with Crippen LogP contribution in [0.1, 0.15) is 0 Å². The summed E-state index contributed by atoms with van der Waals surface area (Å²) in [5.41, 5.74) is 0. The Hall–Kier alpha value is -0.830. The monoisotopic (exact) mass is 161 g/mol. The van der Waals surface area contributed by atoms with Gasteiger partial charge in [-0.25, -0.2) is 4.98 Å². The first-order valence-corrected chi connectivity index (χ1v) is 2.97. The van der Waals surface area contributed by atoms with Gasteiger partial charge in [-0.2, -0.15) is 4.39 Å². The van der Waals surface area contributed by atoms with Crippen LogP contribution in [0.5, 0.6) is 5.88 Å². The Morgan fingerprint density at radius 1 is 1.70 bits per heavy atom. The third-order valence-corrected chi connectivity index (χ3v) is 1.30. The second kappa shape index (κ2) is 2.84. The molecule has 1 aromatic rings. The number of hydrogen-bond acceptors (Lipinski definition) is 2. The quantitative estimate of drug-likeness (QED) is 0.628.